The molecule has 0 aromatic heterocycles. The minimum Gasteiger partial charge on any atom is -0.774 e. The van der Waals surface area contributed by atoms with Gasteiger partial charge in [-0.1, -0.05) is 44.1 Å². The van der Waals surface area contributed by atoms with Crippen molar-refractivity contribution in [3.8, 4) is 0 Å². The molecular formula is C26H52NO7P. The summed E-state index contributed by atoms with van der Waals surface area (Å²) in [7, 11) is -0.894. The van der Waals surface area contributed by atoms with Gasteiger partial charge in [-0.25, -0.2) is 0 Å². The van der Waals surface area contributed by atoms with Gasteiger partial charge in [0.25, 0.3) is 0 Å². The number of aliphatic hydroxyl groups excluding tert-OH is 2. The molecule has 0 heterocycles. The quantitative estimate of drug-likeness (QED) is 0.0609. The Morgan fingerprint density at radius 1 is 0.886 bits per heavy atom. The fraction of sp³-hybridized carbons (Fsp3) is 0.846. The summed E-state index contributed by atoms with van der Waals surface area (Å²) in [6.45, 7) is 4.16. The van der Waals surface area contributed by atoms with Crippen LogP contribution in [0.5, 0.6) is 0 Å². The zero-order valence-corrected chi connectivity index (χ0v) is 23.4. The molecule has 0 rings (SSSR count). The van der Waals surface area contributed by atoms with Crippen molar-refractivity contribution in [1.82, 2.24) is 0 Å². The average Bonchev–Trinajstić information content (AvgIpc) is 2.80. The van der Waals surface area contributed by atoms with Crippen molar-refractivity contribution in [1.29, 1.82) is 0 Å². The minimum absolute atomic E-state index is 0.0199. The van der Waals surface area contributed by atoms with Crippen molar-refractivity contribution in [3.63, 3.8) is 0 Å². The molecule has 0 aromatic rings. The van der Waals surface area contributed by atoms with Crippen LogP contribution in [0.2, 0.25) is 0 Å². The number of allylic oxidation sites excluding steroid dienone is 4. The molecule has 3 N–H and O–H groups in total. The van der Waals surface area contributed by atoms with E-state index < -0.39 is 25.8 Å². The normalized spacial score (nSPS) is 16.4. The standard InChI is InChI=1S/C26H52NO7P/c1-5-6-7-8-9-10-11-12-13-14-15-16-17-18-21-33-22-25(28)23-34-35(31,32)24(2)27(3,4)20-19-26(29)30/h8-9,14-15,24-26,28-30H,5-7,10-13,16-23H2,1-4H3/b9-8-,15-14-/t24?,25-/m1/s1. The Hall–Kier alpha value is -0.570. The molecule has 0 spiro atoms. The minimum atomic E-state index is -4.26. The summed E-state index contributed by atoms with van der Waals surface area (Å²) >= 11 is 0. The van der Waals surface area contributed by atoms with Gasteiger partial charge in [0.2, 0.25) is 0 Å². The molecule has 0 amide bonds. The first kappa shape index (κ1) is 34.4. The van der Waals surface area contributed by atoms with Gasteiger partial charge in [0.15, 0.2) is 13.9 Å². The summed E-state index contributed by atoms with van der Waals surface area (Å²) in [6, 6.07) is 0. The van der Waals surface area contributed by atoms with E-state index in [9.17, 15) is 14.6 Å². The van der Waals surface area contributed by atoms with Gasteiger partial charge in [-0.2, -0.15) is 0 Å². The summed E-state index contributed by atoms with van der Waals surface area (Å²) < 4.78 is 23.0. The summed E-state index contributed by atoms with van der Waals surface area (Å²) in [5.41, 5.74) is 0. The third kappa shape index (κ3) is 19.2. The van der Waals surface area contributed by atoms with Crippen LogP contribution in [0, 0.1) is 0 Å². The third-order valence-corrected chi connectivity index (χ3v) is 8.20. The second kappa shape index (κ2) is 20.5. The molecule has 0 aliphatic carbocycles. The van der Waals surface area contributed by atoms with Gasteiger partial charge in [0.1, 0.15) is 11.9 Å². The van der Waals surface area contributed by atoms with E-state index >= 15 is 0 Å². The highest BCUT2D eigenvalue weighted by Crippen LogP contribution is 2.46. The molecule has 9 heteroatoms. The average molecular weight is 522 g/mol. The van der Waals surface area contributed by atoms with E-state index in [4.69, 9.17) is 19.5 Å². The summed E-state index contributed by atoms with van der Waals surface area (Å²) in [4.78, 5) is 12.5. The van der Waals surface area contributed by atoms with Crippen LogP contribution >= 0.6 is 7.60 Å². The second-order valence-electron chi connectivity index (χ2n) is 9.83. The Kier molecular flexibility index (Phi) is 20.1. The van der Waals surface area contributed by atoms with Crippen LogP contribution in [-0.4, -0.2) is 78.4 Å². The lowest BCUT2D eigenvalue weighted by atomic mass is 10.1. The molecular weight excluding hydrogens is 469 g/mol. The highest BCUT2D eigenvalue weighted by Gasteiger charge is 2.34. The van der Waals surface area contributed by atoms with Crippen LogP contribution in [0.1, 0.15) is 84.5 Å². The van der Waals surface area contributed by atoms with Gasteiger partial charge >= 0.3 is 0 Å². The molecule has 0 fully saturated rings. The summed E-state index contributed by atoms with van der Waals surface area (Å²) in [6.07, 6.45) is 18.0. The maximum atomic E-state index is 12.5. The molecule has 0 bridgehead atoms. The van der Waals surface area contributed by atoms with E-state index in [-0.39, 0.29) is 30.7 Å². The predicted octanol–water partition coefficient (Wildman–Crippen LogP) is 4.09. The molecule has 0 aliphatic heterocycles. The Morgan fingerprint density at radius 3 is 1.91 bits per heavy atom. The van der Waals surface area contributed by atoms with Crippen molar-refractivity contribution in [2.24, 2.45) is 0 Å². The molecule has 208 valence electrons. The monoisotopic (exact) mass is 521 g/mol. The van der Waals surface area contributed by atoms with Gasteiger partial charge in [0, 0.05) is 13.0 Å². The van der Waals surface area contributed by atoms with Crippen LogP contribution in [0.25, 0.3) is 0 Å². The van der Waals surface area contributed by atoms with Crippen LogP contribution in [0.15, 0.2) is 24.3 Å². The van der Waals surface area contributed by atoms with Crippen molar-refractivity contribution < 1.29 is 38.5 Å². The van der Waals surface area contributed by atoms with E-state index in [2.05, 4.69) is 31.2 Å². The first-order valence-electron chi connectivity index (χ1n) is 13.2. The lowest BCUT2D eigenvalue weighted by molar-refractivity contribution is -0.902. The second-order valence-corrected chi connectivity index (χ2v) is 11.9. The maximum Gasteiger partial charge on any atom is 0.192 e. The number of hydrogen-bond acceptors (Lipinski definition) is 7. The van der Waals surface area contributed by atoms with Gasteiger partial charge in [-0.05, 0) is 58.3 Å². The first-order chi connectivity index (χ1) is 16.5. The van der Waals surface area contributed by atoms with Crippen LogP contribution in [0.3, 0.4) is 0 Å². The predicted molar refractivity (Wildman–Crippen MR) is 140 cm³/mol. The molecule has 0 aliphatic rings. The van der Waals surface area contributed by atoms with Gasteiger partial charge < -0.3 is 38.5 Å². The zero-order chi connectivity index (χ0) is 26.6. The van der Waals surface area contributed by atoms with Crippen LogP contribution < -0.4 is 4.89 Å². The fourth-order valence-electron chi connectivity index (χ4n) is 3.37. The third-order valence-electron chi connectivity index (χ3n) is 6.15. The van der Waals surface area contributed by atoms with Crippen molar-refractivity contribution in [2.75, 3.05) is 40.5 Å². The number of hydrogen-bond donors (Lipinski definition) is 3. The zero-order valence-electron chi connectivity index (χ0n) is 22.5. The largest absolute Gasteiger partial charge is 0.774 e. The maximum absolute atomic E-state index is 12.5. The number of nitrogens with zero attached hydrogens (tertiary/aromatic N) is 1. The van der Waals surface area contributed by atoms with Crippen LogP contribution in [-0.2, 0) is 13.8 Å². The molecule has 0 saturated heterocycles. The molecule has 35 heavy (non-hydrogen) atoms. The van der Waals surface area contributed by atoms with Gasteiger partial charge in [-0.15, -0.1) is 0 Å². The highest BCUT2D eigenvalue weighted by atomic mass is 31.2. The van der Waals surface area contributed by atoms with E-state index in [0.29, 0.717) is 6.61 Å². The fourth-order valence-corrected chi connectivity index (χ4v) is 4.84. The number of rotatable bonds is 23. The van der Waals surface area contributed by atoms with E-state index in [1.165, 1.54) is 45.4 Å². The summed E-state index contributed by atoms with van der Waals surface area (Å²) in [5.74, 6) is -0.894. The van der Waals surface area contributed by atoms with Gasteiger partial charge in [-0.3, -0.25) is 0 Å². The van der Waals surface area contributed by atoms with Crippen molar-refractivity contribution in [3.05, 3.63) is 24.3 Å². The lowest BCUT2D eigenvalue weighted by Gasteiger charge is -2.42. The SMILES string of the molecule is CCCC/C=C\CCCC/C=C\CCCCOC[C@@H](O)COP(=O)([O-])C(C)[N+](C)(C)CCC(O)O. The highest BCUT2D eigenvalue weighted by molar-refractivity contribution is 7.51. The number of aliphatic hydroxyl groups is 3. The number of quaternary nitrogens is 1. The van der Waals surface area contributed by atoms with Gasteiger partial charge in [0.05, 0.1) is 33.9 Å². The Morgan fingerprint density at radius 2 is 1.40 bits per heavy atom. The van der Waals surface area contributed by atoms with Crippen molar-refractivity contribution in [2.45, 2.75) is 103 Å². The number of ether oxygens (including phenoxy) is 1. The Labute approximate surface area is 213 Å². The topological polar surface area (TPSA) is 119 Å². The molecule has 0 radical (unpaired) electrons. The summed E-state index contributed by atoms with van der Waals surface area (Å²) in [5, 5.41) is 28.0. The van der Waals surface area contributed by atoms with Crippen molar-refractivity contribution >= 4 is 7.60 Å². The van der Waals surface area contributed by atoms with Crippen LogP contribution in [0.4, 0.5) is 0 Å². The molecule has 0 aromatic carbocycles. The number of unbranched alkanes of at least 4 members (excludes halogenated alkanes) is 7. The lowest BCUT2D eigenvalue weighted by Crippen LogP contribution is -2.50. The smallest absolute Gasteiger partial charge is 0.192 e. The molecule has 8 nitrogen and oxygen atoms in total. The Balaban J connectivity index is 3.82. The first-order valence-corrected chi connectivity index (χ1v) is 14.8. The van der Waals surface area contributed by atoms with E-state index in [1.807, 2.05) is 0 Å². The molecule has 2 unspecified atom stereocenters. The molecule has 0 saturated carbocycles. The Bertz CT molecular complexity index is 611. The van der Waals surface area contributed by atoms with E-state index in [0.717, 1.165) is 25.7 Å². The van der Waals surface area contributed by atoms with E-state index in [1.54, 1.807) is 14.1 Å². The molecule has 3 atom stereocenters.